The largest absolute Gasteiger partial charge is 0.135 e. The first-order valence-electron chi connectivity index (χ1n) is 18.1. The predicted molar refractivity (Wildman–Crippen MR) is 188 cm³/mol. The summed E-state index contributed by atoms with van der Waals surface area (Å²) >= 11 is 1.61. The molecule has 200 valence electrons. The quantitative estimate of drug-likeness (QED) is 0.185. The second-order valence-electron chi connectivity index (χ2n) is 10.7. The fraction of sp³-hybridized carbons (Fsp3) is 0. The standard InChI is InChI=1S/C42H26S/c1-2-10-30-25-31(22-19-27(30)9-1)28-17-20-29(21-18-28)41-35-12-3-5-14-37(35)42(38-15-6-4-13-36(38)41)32-23-24-34-33-11-7-8-16-39(33)43-40(34)26-32/h1-26H/i3D,4D,5D,6D,12D,13D,14D,15D. The molecule has 1 heterocycles. The van der Waals surface area contributed by atoms with E-state index in [1.807, 2.05) is 66.7 Å². The molecule has 0 nitrogen and oxygen atoms in total. The summed E-state index contributed by atoms with van der Waals surface area (Å²) < 4.78 is 74.0. The Hall–Kier alpha value is -5.24. The van der Waals surface area contributed by atoms with Gasteiger partial charge in [0, 0.05) is 20.2 Å². The van der Waals surface area contributed by atoms with Crippen molar-refractivity contribution in [3.63, 3.8) is 0 Å². The van der Waals surface area contributed by atoms with Crippen molar-refractivity contribution in [3.8, 4) is 33.4 Å². The van der Waals surface area contributed by atoms with E-state index >= 15 is 0 Å². The van der Waals surface area contributed by atoms with E-state index in [0.29, 0.717) is 22.3 Å². The van der Waals surface area contributed by atoms with Gasteiger partial charge >= 0.3 is 0 Å². The third-order valence-corrected chi connectivity index (χ3v) is 9.43. The van der Waals surface area contributed by atoms with Crippen LogP contribution < -0.4 is 0 Å². The van der Waals surface area contributed by atoms with Crippen LogP contribution in [0.25, 0.3) is 85.9 Å². The van der Waals surface area contributed by atoms with Crippen LogP contribution in [0.5, 0.6) is 0 Å². The Bertz CT molecular complexity index is 2860. The highest BCUT2D eigenvalue weighted by atomic mass is 32.1. The van der Waals surface area contributed by atoms with Gasteiger partial charge in [-0.15, -0.1) is 11.3 Å². The molecule has 0 spiro atoms. The first-order chi connectivity index (χ1) is 24.6. The van der Waals surface area contributed by atoms with E-state index in [0.717, 1.165) is 42.1 Å². The van der Waals surface area contributed by atoms with Gasteiger partial charge in [-0.25, -0.2) is 0 Å². The van der Waals surface area contributed by atoms with Crippen molar-refractivity contribution in [2.45, 2.75) is 0 Å². The van der Waals surface area contributed by atoms with Crippen molar-refractivity contribution < 1.29 is 11.0 Å². The van der Waals surface area contributed by atoms with Gasteiger partial charge in [0.1, 0.15) is 0 Å². The van der Waals surface area contributed by atoms with E-state index in [1.54, 1.807) is 11.3 Å². The summed E-state index contributed by atoms with van der Waals surface area (Å²) in [4.78, 5) is 0. The van der Waals surface area contributed by atoms with Crippen LogP contribution in [0.4, 0.5) is 0 Å². The highest BCUT2D eigenvalue weighted by Crippen LogP contribution is 2.45. The third-order valence-electron chi connectivity index (χ3n) is 8.30. The Labute approximate surface area is 265 Å². The first kappa shape index (κ1) is 17.7. The summed E-state index contributed by atoms with van der Waals surface area (Å²) in [5.41, 5.74) is 3.83. The van der Waals surface area contributed by atoms with Crippen molar-refractivity contribution in [2.75, 3.05) is 0 Å². The minimum absolute atomic E-state index is 0.212. The lowest BCUT2D eigenvalue weighted by Crippen LogP contribution is -1.91. The molecular formula is C42H26S. The highest BCUT2D eigenvalue weighted by molar-refractivity contribution is 7.25. The maximum absolute atomic E-state index is 9.25. The second kappa shape index (κ2) is 9.66. The van der Waals surface area contributed by atoms with Crippen LogP contribution in [-0.4, -0.2) is 0 Å². The van der Waals surface area contributed by atoms with E-state index < -0.39 is 24.2 Å². The van der Waals surface area contributed by atoms with Gasteiger partial charge in [-0.1, -0.05) is 139 Å². The lowest BCUT2D eigenvalue weighted by molar-refractivity contribution is 1.63. The number of fused-ring (bicyclic) bond motifs is 6. The van der Waals surface area contributed by atoms with Crippen LogP contribution in [0.15, 0.2) is 158 Å². The molecule has 43 heavy (non-hydrogen) atoms. The zero-order valence-electron chi connectivity index (χ0n) is 30.8. The van der Waals surface area contributed by atoms with Gasteiger partial charge in [-0.05, 0) is 83.9 Å². The SMILES string of the molecule is [2H]c1c([2H])c([2H])c2c(-c3ccc4c(c3)sc3ccccc34)c3c([2H])c([2H])c([2H])c([2H])c3c(-c3ccc(-c4ccc5ccccc5c4)cc3)c2c1[2H]. The number of thiophene rings is 1. The van der Waals surface area contributed by atoms with Crippen LogP contribution in [0.1, 0.15) is 11.0 Å². The van der Waals surface area contributed by atoms with Gasteiger partial charge < -0.3 is 0 Å². The van der Waals surface area contributed by atoms with Gasteiger partial charge in [-0.2, -0.15) is 0 Å². The summed E-state index contributed by atoms with van der Waals surface area (Å²) in [5, 5.41) is 5.23. The van der Waals surface area contributed by atoms with E-state index in [9.17, 15) is 5.48 Å². The molecule has 0 unspecified atom stereocenters. The first-order valence-corrected chi connectivity index (χ1v) is 14.9. The smallest absolute Gasteiger partial charge is 0.0629 e. The van der Waals surface area contributed by atoms with E-state index in [-0.39, 0.29) is 45.7 Å². The molecule has 1 heteroatoms. The van der Waals surface area contributed by atoms with Crippen LogP contribution in [0.2, 0.25) is 0 Å². The molecule has 0 aliphatic heterocycles. The molecule has 9 rings (SSSR count). The molecule has 0 radical (unpaired) electrons. The van der Waals surface area contributed by atoms with Crippen molar-refractivity contribution in [1.29, 1.82) is 0 Å². The van der Waals surface area contributed by atoms with E-state index in [2.05, 4.69) is 42.5 Å². The van der Waals surface area contributed by atoms with Crippen molar-refractivity contribution in [3.05, 3.63) is 158 Å². The zero-order valence-corrected chi connectivity index (χ0v) is 23.6. The summed E-state index contributed by atoms with van der Waals surface area (Å²) in [6, 6.07) is 33.2. The molecule has 0 fully saturated rings. The molecule has 0 N–H and O–H groups in total. The Morgan fingerprint density at radius 2 is 0.907 bits per heavy atom. The van der Waals surface area contributed by atoms with Gasteiger partial charge in [-0.3, -0.25) is 0 Å². The monoisotopic (exact) mass is 570 g/mol. The topological polar surface area (TPSA) is 0 Å². The van der Waals surface area contributed by atoms with Crippen LogP contribution >= 0.6 is 11.3 Å². The molecule has 8 aromatic carbocycles. The molecule has 1 aromatic heterocycles. The van der Waals surface area contributed by atoms with Crippen LogP contribution in [-0.2, 0) is 0 Å². The number of benzene rings is 8. The fourth-order valence-corrected chi connectivity index (χ4v) is 7.43. The molecule has 9 aromatic rings. The Kier molecular flexibility index (Phi) is 3.97. The maximum Gasteiger partial charge on any atom is 0.0629 e. The van der Waals surface area contributed by atoms with Crippen molar-refractivity contribution in [1.82, 2.24) is 0 Å². The minimum Gasteiger partial charge on any atom is -0.135 e. The second-order valence-corrected chi connectivity index (χ2v) is 11.8. The summed E-state index contributed by atoms with van der Waals surface area (Å²) in [6.07, 6.45) is 0. The highest BCUT2D eigenvalue weighted by Gasteiger charge is 2.17. The summed E-state index contributed by atoms with van der Waals surface area (Å²) in [6.45, 7) is 0. The predicted octanol–water partition coefficient (Wildman–Crippen LogP) is 12.5. The molecule has 0 aliphatic rings. The Morgan fingerprint density at radius 3 is 1.63 bits per heavy atom. The number of hydrogen-bond donors (Lipinski definition) is 0. The minimum atomic E-state index is -0.410. The lowest BCUT2D eigenvalue weighted by atomic mass is 9.85. The lowest BCUT2D eigenvalue weighted by Gasteiger charge is -2.18. The summed E-state index contributed by atoms with van der Waals surface area (Å²) in [5.74, 6) is 0. The van der Waals surface area contributed by atoms with Gasteiger partial charge in [0.2, 0.25) is 0 Å². The van der Waals surface area contributed by atoms with Gasteiger partial charge in [0.05, 0.1) is 11.0 Å². The van der Waals surface area contributed by atoms with Gasteiger partial charge in [0.15, 0.2) is 0 Å². The molecule has 0 bridgehead atoms. The van der Waals surface area contributed by atoms with Crippen molar-refractivity contribution in [2.24, 2.45) is 0 Å². The molecule has 0 atom stereocenters. The van der Waals surface area contributed by atoms with Crippen LogP contribution in [0, 0.1) is 0 Å². The zero-order chi connectivity index (χ0) is 35.3. The fourth-order valence-electron chi connectivity index (χ4n) is 6.28. The average molecular weight is 571 g/mol. The molecule has 0 amide bonds. The van der Waals surface area contributed by atoms with Crippen molar-refractivity contribution >= 4 is 63.8 Å². The van der Waals surface area contributed by atoms with E-state index in [4.69, 9.17) is 5.48 Å². The normalized spacial score (nSPS) is 14.3. The number of rotatable bonds is 3. The van der Waals surface area contributed by atoms with E-state index in [1.165, 1.54) is 0 Å². The van der Waals surface area contributed by atoms with Crippen LogP contribution in [0.3, 0.4) is 0 Å². The average Bonchev–Trinajstić information content (AvgIpc) is 3.54. The summed E-state index contributed by atoms with van der Waals surface area (Å²) in [7, 11) is 0. The maximum atomic E-state index is 9.25. The Morgan fingerprint density at radius 1 is 0.372 bits per heavy atom. The third kappa shape index (κ3) is 3.90. The molecular weight excluding hydrogens is 537 g/mol. The molecule has 0 aliphatic carbocycles. The molecule has 0 saturated carbocycles. The number of hydrogen-bond acceptors (Lipinski definition) is 1. The molecule has 0 saturated heterocycles. The van der Waals surface area contributed by atoms with Gasteiger partial charge in [0.25, 0.3) is 0 Å². The Balaban J connectivity index is 1.40.